The van der Waals surface area contributed by atoms with Crippen LogP contribution in [0, 0.1) is 5.92 Å². The van der Waals surface area contributed by atoms with Crippen LogP contribution in [0.15, 0.2) is 30.6 Å². The number of amides is 2. The Hall–Kier alpha value is -2.41. The Balaban J connectivity index is 1.71. The fraction of sp³-hybridized carbons (Fsp3) is 0.571. The van der Waals surface area contributed by atoms with Gasteiger partial charge < -0.3 is 15.4 Å². The standard InChI is InChI=1S/C21H30N4O3/c1-4-11-28-19-6-5-15(20(26)23-14(2)3)13-18(19)24-21(27)16-8-10-25-17(12-16)7-9-22-25/h7-10,12,14-15,18-19H,4-6,11,13H2,1-3H3,(H,23,26)(H,24,27)/t15-,18+,19+/m0/s1. The molecule has 28 heavy (non-hydrogen) atoms. The van der Waals surface area contributed by atoms with Crippen molar-refractivity contribution in [3.05, 3.63) is 36.2 Å². The van der Waals surface area contributed by atoms with Crippen molar-refractivity contribution in [2.75, 3.05) is 6.61 Å². The zero-order chi connectivity index (χ0) is 20.1. The summed E-state index contributed by atoms with van der Waals surface area (Å²) in [5.74, 6) is -0.195. The second kappa shape index (κ2) is 9.19. The highest BCUT2D eigenvalue weighted by molar-refractivity contribution is 5.95. The molecule has 0 aromatic carbocycles. The summed E-state index contributed by atoms with van der Waals surface area (Å²) >= 11 is 0. The van der Waals surface area contributed by atoms with Gasteiger partial charge in [0.1, 0.15) is 0 Å². The van der Waals surface area contributed by atoms with E-state index in [4.69, 9.17) is 4.74 Å². The molecule has 2 amide bonds. The van der Waals surface area contributed by atoms with Gasteiger partial charge in [-0.2, -0.15) is 5.10 Å². The van der Waals surface area contributed by atoms with Gasteiger partial charge in [0.2, 0.25) is 5.91 Å². The van der Waals surface area contributed by atoms with E-state index in [-0.39, 0.29) is 35.9 Å². The Morgan fingerprint density at radius 2 is 2.14 bits per heavy atom. The van der Waals surface area contributed by atoms with Gasteiger partial charge in [-0.05, 0) is 57.7 Å². The van der Waals surface area contributed by atoms with E-state index in [1.54, 1.807) is 23.0 Å². The van der Waals surface area contributed by atoms with Crippen LogP contribution >= 0.6 is 0 Å². The largest absolute Gasteiger partial charge is 0.376 e. The van der Waals surface area contributed by atoms with Gasteiger partial charge in [0, 0.05) is 36.5 Å². The SMILES string of the molecule is CCCO[C@@H]1CC[C@H](C(=O)NC(C)C)C[C@H]1NC(=O)c1ccn2nccc2c1. The third kappa shape index (κ3) is 4.90. The molecule has 3 atom stereocenters. The van der Waals surface area contributed by atoms with Crippen LogP contribution in [0.25, 0.3) is 5.52 Å². The second-order valence-electron chi connectivity index (χ2n) is 7.78. The van der Waals surface area contributed by atoms with Gasteiger partial charge in [0.25, 0.3) is 5.91 Å². The normalized spacial score (nSPS) is 22.4. The summed E-state index contributed by atoms with van der Waals surface area (Å²) in [5, 5.41) is 10.3. The Bertz CT molecular complexity index is 817. The number of carbonyl (C=O) groups is 2. The number of nitrogens with one attached hydrogen (secondary N) is 2. The predicted molar refractivity (Wildman–Crippen MR) is 107 cm³/mol. The van der Waals surface area contributed by atoms with Gasteiger partial charge in [-0.15, -0.1) is 0 Å². The molecule has 0 bridgehead atoms. The molecule has 0 saturated heterocycles. The molecule has 152 valence electrons. The van der Waals surface area contributed by atoms with Crippen molar-refractivity contribution in [3.63, 3.8) is 0 Å². The molecule has 2 aromatic rings. The number of ether oxygens (including phenoxy) is 1. The maximum atomic E-state index is 12.9. The number of carbonyl (C=O) groups excluding carboxylic acids is 2. The van der Waals surface area contributed by atoms with Crippen LogP contribution in [0.5, 0.6) is 0 Å². The number of rotatable bonds is 7. The number of pyridine rings is 1. The molecule has 2 aromatic heterocycles. The van der Waals surface area contributed by atoms with E-state index in [0.717, 1.165) is 24.8 Å². The molecule has 2 heterocycles. The smallest absolute Gasteiger partial charge is 0.251 e. The second-order valence-corrected chi connectivity index (χ2v) is 7.78. The molecule has 1 aliphatic rings. The van der Waals surface area contributed by atoms with E-state index in [1.807, 2.05) is 26.0 Å². The van der Waals surface area contributed by atoms with Crippen molar-refractivity contribution in [2.45, 2.75) is 64.6 Å². The van der Waals surface area contributed by atoms with Gasteiger partial charge >= 0.3 is 0 Å². The molecule has 7 nitrogen and oxygen atoms in total. The molecule has 0 aliphatic heterocycles. The monoisotopic (exact) mass is 386 g/mol. The fourth-order valence-corrected chi connectivity index (χ4v) is 3.72. The summed E-state index contributed by atoms with van der Waals surface area (Å²) < 4.78 is 7.71. The van der Waals surface area contributed by atoms with Crippen molar-refractivity contribution in [1.29, 1.82) is 0 Å². The quantitative estimate of drug-likeness (QED) is 0.766. The van der Waals surface area contributed by atoms with Crippen molar-refractivity contribution in [1.82, 2.24) is 20.2 Å². The Kier molecular flexibility index (Phi) is 6.67. The summed E-state index contributed by atoms with van der Waals surface area (Å²) in [6.45, 7) is 6.64. The number of aromatic nitrogens is 2. The average Bonchev–Trinajstić information content (AvgIpc) is 3.14. The molecule has 0 unspecified atom stereocenters. The Morgan fingerprint density at radius 1 is 1.32 bits per heavy atom. The molecular weight excluding hydrogens is 356 g/mol. The minimum Gasteiger partial charge on any atom is -0.376 e. The van der Waals surface area contributed by atoms with E-state index < -0.39 is 0 Å². The van der Waals surface area contributed by atoms with Crippen LogP contribution in [0.1, 0.15) is 56.8 Å². The summed E-state index contributed by atoms with van der Waals surface area (Å²) in [6, 6.07) is 5.35. The molecule has 2 N–H and O–H groups in total. The van der Waals surface area contributed by atoms with Crippen LogP contribution < -0.4 is 10.6 Å². The third-order valence-electron chi connectivity index (χ3n) is 5.10. The molecule has 1 fully saturated rings. The summed E-state index contributed by atoms with van der Waals surface area (Å²) in [7, 11) is 0. The molecule has 3 rings (SSSR count). The fourth-order valence-electron chi connectivity index (χ4n) is 3.72. The molecular formula is C21H30N4O3. The molecule has 1 aliphatic carbocycles. The lowest BCUT2D eigenvalue weighted by molar-refractivity contribution is -0.128. The predicted octanol–water partition coefficient (Wildman–Crippen LogP) is 2.55. The van der Waals surface area contributed by atoms with E-state index >= 15 is 0 Å². The molecule has 0 spiro atoms. The highest BCUT2D eigenvalue weighted by atomic mass is 16.5. The van der Waals surface area contributed by atoms with E-state index in [1.165, 1.54) is 0 Å². The summed E-state index contributed by atoms with van der Waals surface area (Å²) in [4.78, 5) is 25.3. The van der Waals surface area contributed by atoms with Crippen LogP contribution in [-0.2, 0) is 9.53 Å². The van der Waals surface area contributed by atoms with Gasteiger partial charge in [-0.1, -0.05) is 6.92 Å². The summed E-state index contributed by atoms with van der Waals surface area (Å²) in [5.41, 5.74) is 1.44. The zero-order valence-corrected chi connectivity index (χ0v) is 16.9. The average molecular weight is 386 g/mol. The Labute approximate surface area is 165 Å². The van der Waals surface area contributed by atoms with Crippen LogP contribution in [0.3, 0.4) is 0 Å². The first-order chi connectivity index (χ1) is 13.5. The topological polar surface area (TPSA) is 84.7 Å². The van der Waals surface area contributed by atoms with Crippen LogP contribution in [0.4, 0.5) is 0 Å². The highest BCUT2D eigenvalue weighted by Crippen LogP contribution is 2.28. The maximum absolute atomic E-state index is 12.9. The van der Waals surface area contributed by atoms with Crippen LogP contribution in [-0.4, -0.2) is 46.2 Å². The zero-order valence-electron chi connectivity index (χ0n) is 16.9. The molecule has 1 saturated carbocycles. The van der Waals surface area contributed by atoms with Gasteiger partial charge in [-0.3, -0.25) is 9.59 Å². The lowest BCUT2D eigenvalue weighted by Crippen LogP contribution is -2.51. The lowest BCUT2D eigenvalue weighted by Gasteiger charge is -2.36. The van der Waals surface area contributed by atoms with E-state index in [0.29, 0.717) is 18.6 Å². The Morgan fingerprint density at radius 3 is 2.89 bits per heavy atom. The molecule has 7 heteroatoms. The van der Waals surface area contributed by atoms with Crippen LogP contribution in [0.2, 0.25) is 0 Å². The first-order valence-corrected chi connectivity index (χ1v) is 10.1. The number of hydrogen-bond acceptors (Lipinski definition) is 4. The molecule has 0 radical (unpaired) electrons. The van der Waals surface area contributed by atoms with Crippen molar-refractivity contribution in [2.24, 2.45) is 5.92 Å². The van der Waals surface area contributed by atoms with Crippen molar-refractivity contribution >= 4 is 17.3 Å². The highest BCUT2D eigenvalue weighted by Gasteiger charge is 2.35. The first-order valence-electron chi connectivity index (χ1n) is 10.1. The van der Waals surface area contributed by atoms with E-state index in [2.05, 4.69) is 22.7 Å². The minimum absolute atomic E-state index is 0.0591. The van der Waals surface area contributed by atoms with E-state index in [9.17, 15) is 9.59 Å². The van der Waals surface area contributed by atoms with Crippen molar-refractivity contribution in [3.8, 4) is 0 Å². The van der Waals surface area contributed by atoms with Gasteiger partial charge in [0.05, 0.1) is 17.7 Å². The minimum atomic E-state index is -0.183. The van der Waals surface area contributed by atoms with Gasteiger partial charge in [0.15, 0.2) is 0 Å². The van der Waals surface area contributed by atoms with Gasteiger partial charge in [-0.25, -0.2) is 4.52 Å². The maximum Gasteiger partial charge on any atom is 0.251 e. The number of nitrogens with zero attached hydrogens (tertiary/aromatic N) is 2. The lowest BCUT2D eigenvalue weighted by atomic mass is 9.82. The first kappa shape index (κ1) is 20.3. The number of fused-ring (bicyclic) bond motifs is 1. The third-order valence-corrected chi connectivity index (χ3v) is 5.10. The summed E-state index contributed by atoms with van der Waals surface area (Å²) in [6.07, 6.45) is 6.47. The van der Waals surface area contributed by atoms with Crippen molar-refractivity contribution < 1.29 is 14.3 Å². The number of hydrogen-bond donors (Lipinski definition) is 2.